The van der Waals surface area contributed by atoms with E-state index in [-0.39, 0.29) is 14.3 Å². The number of rotatable bonds is 2. The first kappa shape index (κ1) is 15.8. The van der Waals surface area contributed by atoms with Crippen molar-refractivity contribution < 1.29 is 4.79 Å². The van der Waals surface area contributed by atoms with Crippen LogP contribution < -0.4 is 5.32 Å². The van der Waals surface area contributed by atoms with Crippen molar-refractivity contribution >= 4 is 35.9 Å². The summed E-state index contributed by atoms with van der Waals surface area (Å²) in [6.07, 6.45) is 4.45. The van der Waals surface area contributed by atoms with E-state index in [1.165, 1.54) is 25.0 Å². The lowest BCUT2D eigenvalue weighted by Crippen LogP contribution is -2.54. The summed E-state index contributed by atoms with van der Waals surface area (Å²) in [7, 11) is 0. The summed E-state index contributed by atoms with van der Waals surface area (Å²) in [6.45, 7) is 3.60. The summed E-state index contributed by atoms with van der Waals surface area (Å²) in [4.78, 5) is 14.9. The number of carbonyl (C=O) groups excluding carboxylic acids is 1. The molecule has 3 heterocycles. The predicted octanol–water partition coefficient (Wildman–Crippen LogP) is 2.10. The van der Waals surface area contributed by atoms with Crippen molar-refractivity contribution in [2.75, 3.05) is 25.0 Å². The Bertz CT molecular complexity index is 569. The molecule has 22 heavy (non-hydrogen) atoms. The first-order valence-corrected chi connectivity index (χ1v) is 8.47. The minimum Gasteiger partial charge on any atom is -0.323 e. The van der Waals surface area contributed by atoms with Crippen molar-refractivity contribution in [3.63, 3.8) is 0 Å². The number of halogens is 1. The van der Waals surface area contributed by atoms with Crippen LogP contribution in [0.5, 0.6) is 0 Å². The van der Waals surface area contributed by atoms with Crippen LogP contribution in [0.3, 0.4) is 0 Å². The Kier molecular flexibility index (Phi) is 4.46. The van der Waals surface area contributed by atoms with E-state index in [2.05, 4.69) is 26.1 Å². The number of nitrogens with zero attached hydrogens (tertiary/aromatic N) is 1. The highest BCUT2D eigenvalue weighted by Crippen LogP contribution is 2.46. The van der Waals surface area contributed by atoms with E-state index in [1.54, 1.807) is 0 Å². The van der Waals surface area contributed by atoms with Crippen LogP contribution in [0.1, 0.15) is 12.8 Å². The fourth-order valence-electron chi connectivity index (χ4n) is 4.33. The maximum absolute atomic E-state index is 12.3. The highest BCUT2D eigenvalue weighted by Gasteiger charge is 2.44. The van der Waals surface area contributed by atoms with Gasteiger partial charge in [0, 0.05) is 35.9 Å². The van der Waals surface area contributed by atoms with Crippen molar-refractivity contribution in [2.24, 2.45) is 17.8 Å². The summed E-state index contributed by atoms with van der Waals surface area (Å²) in [6, 6.07) is 7.73. The summed E-state index contributed by atoms with van der Waals surface area (Å²) in [5.74, 6) is 2.13. The van der Waals surface area contributed by atoms with Gasteiger partial charge in [0.05, 0.1) is 8.41 Å². The lowest BCUT2D eigenvalue weighted by molar-refractivity contribution is -0.112. The van der Waals surface area contributed by atoms with Gasteiger partial charge in [-0.25, -0.2) is 0 Å². The van der Waals surface area contributed by atoms with Crippen LogP contribution in [0.4, 0.5) is 5.69 Å². The molecule has 2 atom stereocenters. The third kappa shape index (κ3) is 3.02. The quantitative estimate of drug-likeness (QED) is 0.647. The molecule has 1 saturated carbocycles. The number of hydrogen-bond donors (Lipinski definition) is 1. The Balaban J connectivity index is 0.00000144. The molecule has 5 heteroatoms. The zero-order chi connectivity index (χ0) is 14.4. The number of benzene rings is 1. The molecule has 5 rings (SSSR count). The fourth-order valence-corrected chi connectivity index (χ4v) is 4.59. The number of anilines is 1. The van der Waals surface area contributed by atoms with E-state index < -0.39 is 0 Å². The molecular weight excluding hydrogens is 339 g/mol. The van der Waals surface area contributed by atoms with Gasteiger partial charge in [-0.1, -0.05) is 21.5 Å². The highest BCUT2D eigenvalue weighted by atomic mass is 79.9. The molecular formula is C17H22BBrN2O. The predicted molar refractivity (Wildman–Crippen MR) is 96.9 cm³/mol. The number of hydrogen-bond acceptors (Lipinski definition) is 2. The maximum atomic E-state index is 12.3. The Morgan fingerprint density at radius 2 is 1.77 bits per heavy atom. The zero-order valence-electron chi connectivity index (χ0n) is 11.9. The molecule has 4 fully saturated rings. The Hall–Kier alpha value is -1.07. The van der Waals surface area contributed by atoms with Gasteiger partial charge in [0.15, 0.2) is 0 Å². The molecule has 4 aliphatic rings. The van der Waals surface area contributed by atoms with Crippen LogP contribution in [-0.4, -0.2) is 38.9 Å². The van der Waals surface area contributed by atoms with E-state index in [0.717, 1.165) is 29.2 Å². The summed E-state index contributed by atoms with van der Waals surface area (Å²) in [5, 5.41) is 2.98. The van der Waals surface area contributed by atoms with Crippen molar-refractivity contribution in [3.05, 3.63) is 40.4 Å². The van der Waals surface area contributed by atoms with E-state index in [4.69, 9.17) is 0 Å². The number of carbonyl (C=O) groups is 1. The topological polar surface area (TPSA) is 32.3 Å². The fraction of sp³-hybridized carbons (Fsp3) is 0.471. The molecule has 0 aromatic heterocycles. The third-order valence-electron chi connectivity index (χ3n) is 5.06. The molecule has 0 spiro atoms. The Morgan fingerprint density at radius 1 is 1.14 bits per heavy atom. The number of piperidine rings is 3. The molecule has 1 N–H and O–H groups in total. The molecule has 1 aromatic carbocycles. The molecule has 1 aliphatic carbocycles. The van der Waals surface area contributed by atoms with Gasteiger partial charge >= 0.3 is 0 Å². The molecule has 4 bridgehead atoms. The number of nitrogens with one attached hydrogen (secondary N) is 1. The van der Waals surface area contributed by atoms with Gasteiger partial charge in [0.2, 0.25) is 5.91 Å². The normalized spacial score (nSPS) is 31.6. The zero-order valence-corrected chi connectivity index (χ0v) is 13.5. The standard InChI is InChI=1S/C17H19BrN2O.BH3/c18-14-1-3-15(4-2-14)19-17(21)7-16-12-5-11-6-13(16)10-20(8-11)9-12;/h1-4,7,11-13H,5-6,8-10H2,(H,19,21);1H3. The van der Waals surface area contributed by atoms with Crippen molar-refractivity contribution in [1.82, 2.24) is 4.90 Å². The van der Waals surface area contributed by atoms with Crippen LogP contribution in [0.15, 0.2) is 40.4 Å². The summed E-state index contributed by atoms with van der Waals surface area (Å²) in [5.41, 5.74) is 2.25. The second kappa shape index (κ2) is 6.21. The van der Waals surface area contributed by atoms with E-state index in [1.807, 2.05) is 30.3 Å². The van der Waals surface area contributed by atoms with Crippen LogP contribution >= 0.6 is 15.9 Å². The smallest absolute Gasteiger partial charge is 0.248 e. The average molecular weight is 361 g/mol. The number of amides is 1. The minimum absolute atomic E-state index is 0. The van der Waals surface area contributed by atoms with Gasteiger partial charge in [-0.15, -0.1) is 0 Å². The summed E-state index contributed by atoms with van der Waals surface area (Å²) >= 11 is 3.40. The largest absolute Gasteiger partial charge is 0.323 e. The van der Waals surface area contributed by atoms with Crippen LogP contribution in [0.25, 0.3) is 0 Å². The molecule has 3 aliphatic heterocycles. The molecule has 1 amide bonds. The van der Waals surface area contributed by atoms with E-state index >= 15 is 0 Å². The van der Waals surface area contributed by atoms with Gasteiger partial charge in [0.25, 0.3) is 0 Å². The van der Waals surface area contributed by atoms with E-state index in [0.29, 0.717) is 11.8 Å². The van der Waals surface area contributed by atoms with Crippen molar-refractivity contribution in [2.45, 2.75) is 12.8 Å². The Labute approximate surface area is 141 Å². The van der Waals surface area contributed by atoms with Gasteiger partial charge in [-0.2, -0.15) is 0 Å². The van der Waals surface area contributed by atoms with Crippen molar-refractivity contribution in [3.8, 4) is 0 Å². The Morgan fingerprint density at radius 3 is 2.36 bits per heavy atom. The molecule has 0 radical (unpaired) electrons. The third-order valence-corrected chi connectivity index (χ3v) is 5.59. The molecule has 2 unspecified atom stereocenters. The second-order valence-corrected chi connectivity index (χ2v) is 7.51. The minimum atomic E-state index is 0. The van der Waals surface area contributed by atoms with Crippen molar-refractivity contribution in [1.29, 1.82) is 0 Å². The lowest BCUT2D eigenvalue weighted by atomic mass is 9.65. The molecule has 1 aromatic rings. The average Bonchev–Trinajstić information content (AvgIpc) is 2.45. The summed E-state index contributed by atoms with van der Waals surface area (Å²) < 4.78 is 1.02. The monoisotopic (exact) mass is 360 g/mol. The maximum Gasteiger partial charge on any atom is 0.248 e. The van der Waals surface area contributed by atoms with Crippen LogP contribution in [0.2, 0.25) is 0 Å². The molecule has 3 saturated heterocycles. The second-order valence-electron chi connectivity index (χ2n) is 6.59. The SMILES string of the molecule is B.O=C(C=C1C2CC3CC1CN(C3)C2)Nc1ccc(Br)cc1. The van der Waals surface area contributed by atoms with Gasteiger partial charge < -0.3 is 10.2 Å². The highest BCUT2D eigenvalue weighted by molar-refractivity contribution is 9.10. The van der Waals surface area contributed by atoms with E-state index in [9.17, 15) is 4.79 Å². The lowest BCUT2D eigenvalue weighted by Gasteiger charge is -2.53. The van der Waals surface area contributed by atoms with Crippen LogP contribution in [-0.2, 0) is 4.79 Å². The van der Waals surface area contributed by atoms with Gasteiger partial charge in [-0.05, 0) is 54.9 Å². The molecule has 116 valence electrons. The van der Waals surface area contributed by atoms with Gasteiger partial charge in [0.1, 0.15) is 0 Å². The first-order valence-electron chi connectivity index (χ1n) is 7.68. The molecule has 3 nitrogen and oxygen atoms in total. The van der Waals surface area contributed by atoms with Gasteiger partial charge in [-0.3, -0.25) is 4.79 Å². The first-order chi connectivity index (χ1) is 10.2. The van der Waals surface area contributed by atoms with Crippen LogP contribution in [0, 0.1) is 17.8 Å².